The van der Waals surface area contributed by atoms with Crippen LogP contribution < -0.4 is 20.1 Å². The molecule has 0 unspecified atom stereocenters. The fraction of sp³-hybridized carbons (Fsp3) is 0.267. The van der Waals surface area contributed by atoms with E-state index in [-0.39, 0.29) is 35.1 Å². The van der Waals surface area contributed by atoms with Gasteiger partial charge in [-0.3, -0.25) is 19.2 Å². The molecule has 14 nitrogen and oxygen atoms in total. The van der Waals surface area contributed by atoms with E-state index in [1.807, 2.05) is 27.7 Å². The lowest BCUT2D eigenvalue weighted by atomic mass is 10.1. The Morgan fingerprint density at radius 3 is 1.34 bits per heavy atom. The van der Waals surface area contributed by atoms with Gasteiger partial charge in [0.1, 0.15) is 36.1 Å². The highest BCUT2D eigenvalue weighted by molar-refractivity contribution is 6.00. The predicted molar refractivity (Wildman–Crippen MR) is 158 cm³/mol. The molecule has 0 aliphatic rings. The molecule has 232 valence electrons. The highest BCUT2D eigenvalue weighted by Crippen LogP contribution is 2.27. The van der Waals surface area contributed by atoms with E-state index in [4.69, 9.17) is 19.7 Å². The number of aliphatic carboxylic acids is 2. The molecule has 0 saturated heterocycles. The molecule has 0 spiro atoms. The number of carboxylic acids is 2. The van der Waals surface area contributed by atoms with Gasteiger partial charge in [-0.2, -0.15) is 0 Å². The van der Waals surface area contributed by atoms with Crippen LogP contribution in [0.25, 0.3) is 21.8 Å². The molecule has 2 heterocycles. The number of aromatic nitrogens is 2. The molecule has 0 aliphatic carbocycles. The molecule has 0 radical (unpaired) electrons. The molecular weight excluding hydrogens is 576 g/mol. The van der Waals surface area contributed by atoms with Crippen molar-refractivity contribution in [3.63, 3.8) is 0 Å². The predicted octanol–water partition coefficient (Wildman–Crippen LogP) is 3.08. The van der Waals surface area contributed by atoms with Crippen molar-refractivity contribution in [2.24, 2.45) is 0 Å². The van der Waals surface area contributed by atoms with Gasteiger partial charge in [-0.15, -0.1) is 0 Å². The van der Waals surface area contributed by atoms with Crippen molar-refractivity contribution in [3.05, 3.63) is 59.9 Å². The summed E-state index contributed by atoms with van der Waals surface area (Å²) in [5.41, 5.74) is 0.557. The van der Waals surface area contributed by atoms with Gasteiger partial charge in [0, 0.05) is 10.8 Å². The van der Waals surface area contributed by atoms with Gasteiger partial charge in [0.2, 0.25) is 0 Å². The largest absolute Gasteiger partial charge is 0.505 e. The smallest absolute Gasteiger partial charge is 0.322 e. The molecule has 0 fully saturated rings. The highest BCUT2D eigenvalue weighted by Gasteiger charge is 2.17. The maximum absolute atomic E-state index is 11.8. The van der Waals surface area contributed by atoms with Gasteiger partial charge in [-0.05, 0) is 76.2 Å². The van der Waals surface area contributed by atoms with E-state index in [1.165, 1.54) is 12.1 Å². The summed E-state index contributed by atoms with van der Waals surface area (Å²) < 4.78 is 11.1. The Hall–Kier alpha value is -5.66. The average molecular weight is 609 g/mol. The number of carboxylic acid groups (broad SMARTS) is 2. The number of pyridine rings is 2. The van der Waals surface area contributed by atoms with E-state index in [0.717, 1.165) is 0 Å². The van der Waals surface area contributed by atoms with Crippen LogP contribution in [0.3, 0.4) is 0 Å². The number of rotatable bonds is 10. The van der Waals surface area contributed by atoms with Crippen molar-refractivity contribution in [2.75, 3.05) is 13.1 Å². The molecule has 14 heteroatoms. The van der Waals surface area contributed by atoms with Gasteiger partial charge in [0.15, 0.2) is 11.4 Å². The van der Waals surface area contributed by atoms with Crippen molar-refractivity contribution in [3.8, 4) is 23.0 Å². The molecule has 0 atom stereocenters. The maximum atomic E-state index is 11.8. The standard InChI is InChI=1S/2C15H16N2O5/c2*1-8(2)22-10-3-4-11-9(5-10)6-12(18)14(17-11)15(21)16-7-13(19)20/h2*3-6,8,18H,7H2,1-2H3,(H,16,21)(H,19,20). The number of carbonyl (C=O) groups is 4. The second-order valence-corrected chi connectivity index (χ2v) is 9.91. The van der Waals surface area contributed by atoms with Crippen LogP contribution in [-0.2, 0) is 9.59 Å². The van der Waals surface area contributed by atoms with E-state index < -0.39 is 36.8 Å². The van der Waals surface area contributed by atoms with E-state index in [9.17, 15) is 29.4 Å². The lowest BCUT2D eigenvalue weighted by Crippen LogP contribution is -2.29. The van der Waals surface area contributed by atoms with Crippen molar-refractivity contribution < 1.29 is 49.1 Å². The van der Waals surface area contributed by atoms with Crippen molar-refractivity contribution >= 4 is 45.6 Å². The molecule has 44 heavy (non-hydrogen) atoms. The summed E-state index contributed by atoms with van der Waals surface area (Å²) >= 11 is 0. The fourth-order valence-electron chi connectivity index (χ4n) is 3.79. The third-order valence-electron chi connectivity index (χ3n) is 5.51. The number of nitrogens with one attached hydrogen (secondary N) is 2. The summed E-state index contributed by atoms with van der Waals surface area (Å²) in [7, 11) is 0. The first-order valence-electron chi connectivity index (χ1n) is 13.3. The van der Waals surface area contributed by atoms with Crippen molar-refractivity contribution in [1.82, 2.24) is 20.6 Å². The fourth-order valence-corrected chi connectivity index (χ4v) is 3.79. The van der Waals surface area contributed by atoms with Gasteiger partial charge >= 0.3 is 11.9 Å². The lowest BCUT2D eigenvalue weighted by molar-refractivity contribution is -0.136. The number of benzene rings is 2. The Morgan fingerprint density at radius 1 is 0.659 bits per heavy atom. The van der Waals surface area contributed by atoms with Crippen LogP contribution in [0.5, 0.6) is 23.0 Å². The maximum Gasteiger partial charge on any atom is 0.322 e. The van der Waals surface area contributed by atoms with E-state index in [0.29, 0.717) is 33.3 Å². The van der Waals surface area contributed by atoms with E-state index in [1.54, 1.807) is 36.4 Å². The van der Waals surface area contributed by atoms with Gasteiger partial charge in [0.25, 0.3) is 11.8 Å². The molecule has 6 N–H and O–H groups in total. The summed E-state index contributed by atoms with van der Waals surface area (Å²) in [4.78, 5) is 52.6. The number of carbonyl (C=O) groups excluding carboxylic acids is 2. The zero-order valence-corrected chi connectivity index (χ0v) is 24.3. The molecular formula is C30H32N4O10. The van der Waals surface area contributed by atoms with Crippen LogP contribution in [0.4, 0.5) is 0 Å². The third-order valence-corrected chi connectivity index (χ3v) is 5.51. The molecule has 2 aromatic heterocycles. The Bertz CT molecular complexity index is 1580. The summed E-state index contributed by atoms with van der Waals surface area (Å²) in [5, 5.41) is 42.4. The number of hydrogen-bond donors (Lipinski definition) is 6. The first-order valence-corrected chi connectivity index (χ1v) is 13.3. The third kappa shape index (κ3) is 9.17. The average Bonchev–Trinajstić information content (AvgIpc) is 2.93. The molecule has 2 amide bonds. The summed E-state index contributed by atoms with van der Waals surface area (Å²) in [6, 6.07) is 13.0. The number of aromatic hydroxyl groups is 2. The quantitative estimate of drug-likeness (QED) is 0.153. The number of nitrogens with zero attached hydrogens (tertiary/aromatic N) is 2. The van der Waals surface area contributed by atoms with Gasteiger partial charge in [-0.25, -0.2) is 9.97 Å². The van der Waals surface area contributed by atoms with Gasteiger partial charge in [0.05, 0.1) is 23.2 Å². The van der Waals surface area contributed by atoms with E-state index in [2.05, 4.69) is 20.6 Å². The van der Waals surface area contributed by atoms with Gasteiger partial charge < -0.3 is 40.5 Å². The number of fused-ring (bicyclic) bond motifs is 2. The molecule has 0 bridgehead atoms. The van der Waals surface area contributed by atoms with Crippen LogP contribution in [-0.4, -0.2) is 79.4 Å². The van der Waals surface area contributed by atoms with Crippen molar-refractivity contribution in [2.45, 2.75) is 39.9 Å². The second-order valence-electron chi connectivity index (χ2n) is 9.91. The first kappa shape index (κ1) is 32.8. The lowest BCUT2D eigenvalue weighted by Gasteiger charge is -2.11. The minimum absolute atomic E-state index is 0.0140. The Kier molecular flexibility index (Phi) is 10.8. The molecule has 4 rings (SSSR count). The zero-order chi connectivity index (χ0) is 32.6. The minimum Gasteiger partial charge on any atom is -0.505 e. The highest BCUT2D eigenvalue weighted by atomic mass is 16.5. The monoisotopic (exact) mass is 608 g/mol. The SMILES string of the molecule is CC(C)Oc1ccc2nc(C(=O)NCC(=O)O)c(O)cc2c1.CC(C)Oc1ccc2nc(C(=O)NCC(=O)O)c(O)cc2c1. The number of amides is 2. The summed E-state index contributed by atoms with van der Waals surface area (Å²) in [5.74, 6) is -3.23. The van der Waals surface area contributed by atoms with Crippen LogP contribution in [0.2, 0.25) is 0 Å². The van der Waals surface area contributed by atoms with Crippen molar-refractivity contribution in [1.29, 1.82) is 0 Å². The van der Waals surface area contributed by atoms with E-state index >= 15 is 0 Å². The Balaban J connectivity index is 0.000000240. The first-order chi connectivity index (χ1) is 20.7. The summed E-state index contributed by atoms with van der Waals surface area (Å²) in [6.45, 7) is 6.51. The normalized spacial score (nSPS) is 10.7. The minimum atomic E-state index is -1.18. The Labute approximate surface area is 251 Å². The second kappa shape index (κ2) is 14.5. The molecule has 4 aromatic rings. The Morgan fingerprint density at radius 2 is 1.02 bits per heavy atom. The van der Waals surface area contributed by atoms with Crippen LogP contribution in [0.1, 0.15) is 48.7 Å². The van der Waals surface area contributed by atoms with Crippen LogP contribution >= 0.6 is 0 Å². The topological polar surface area (TPSA) is 217 Å². The van der Waals surface area contributed by atoms with Gasteiger partial charge in [-0.1, -0.05) is 0 Å². The van der Waals surface area contributed by atoms with Crippen LogP contribution in [0.15, 0.2) is 48.5 Å². The molecule has 0 aliphatic heterocycles. The van der Waals surface area contributed by atoms with Crippen LogP contribution in [0, 0.1) is 0 Å². The number of hydrogen-bond acceptors (Lipinski definition) is 10. The summed E-state index contributed by atoms with van der Waals surface area (Å²) in [6.07, 6.45) is 0.0279. The molecule has 2 aromatic carbocycles. The zero-order valence-electron chi connectivity index (χ0n) is 24.3. The molecule has 0 saturated carbocycles. The number of ether oxygens (including phenoxy) is 2.